The molecule has 1 aromatic heterocycles. The van der Waals surface area contributed by atoms with E-state index in [0.717, 1.165) is 0 Å². The maximum absolute atomic E-state index is 13.0. The Bertz CT molecular complexity index is 1180. The van der Waals surface area contributed by atoms with E-state index < -0.39 is 17.9 Å². The first-order valence-corrected chi connectivity index (χ1v) is 9.66. The molecule has 1 atom stereocenters. The third kappa shape index (κ3) is 4.04. The normalized spacial score (nSPS) is 15.6. The van der Waals surface area contributed by atoms with Crippen molar-refractivity contribution in [3.8, 4) is 17.6 Å². The second-order valence-electron chi connectivity index (χ2n) is 6.75. The monoisotopic (exact) mass is 450 g/mol. The number of pyridine rings is 1. The molecule has 2 aromatic rings. The number of esters is 2. The molecule has 10 nitrogen and oxygen atoms in total. The fourth-order valence-corrected chi connectivity index (χ4v) is 3.63. The van der Waals surface area contributed by atoms with Crippen LogP contribution in [0.25, 0.3) is 0 Å². The van der Waals surface area contributed by atoms with Crippen LogP contribution in [0.3, 0.4) is 0 Å². The first kappa shape index (κ1) is 23.1. The Morgan fingerprint density at radius 3 is 2.36 bits per heavy atom. The summed E-state index contributed by atoms with van der Waals surface area (Å²) in [4.78, 5) is 31.4. The van der Waals surface area contributed by atoms with Crippen LogP contribution in [-0.2, 0) is 19.1 Å². The number of allylic oxidation sites excluding steroid dienone is 1. The lowest BCUT2D eigenvalue weighted by Gasteiger charge is -2.36. The lowest BCUT2D eigenvalue weighted by Crippen LogP contribution is -2.41. The van der Waals surface area contributed by atoms with Crippen molar-refractivity contribution in [1.29, 1.82) is 5.26 Å². The Kier molecular flexibility index (Phi) is 6.83. The molecule has 2 heterocycles. The zero-order chi connectivity index (χ0) is 24.1. The molecule has 170 valence electrons. The maximum Gasteiger partial charge on any atom is 0.355 e. The lowest BCUT2D eigenvalue weighted by molar-refractivity contribution is -0.139. The van der Waals surface area contributed by atoms with E-state index in [9.17, 15) is 14.9 Å². The quantitative estimate of drug-likeness (QED) is 0.650. The summed E-state index contributed by atoms with van der Waals surface area (Å²) < 4.78 is 20.7. The van der Waals surface area contributed by atoms with Crippen molar-refractivity contribution in [2.75, 3.05) is 33.3 Å². The molecule has 1 aliphatic rings. The van der Waals surface area contributed by atoms with Crippen molar-refractivity contribution in [1.82, 2.24) is 4.98 Å². The third-order valence-electron chi connectivity index (χ3n) is 5.12. The highest BCUT2D eigenvalue weighted by atomic mass is 16.5. The number of ether oxygens (including phenoxy) is 4. The molecule has 0 saturated carbocycles. The van der Waals surface area contributed by atoms with Crippen LogP contribution in [0.5, 0.6) is 11.5 Å². The van der Waals surface area contributed by atoms with Gasteiger partial charge in [-0.15, -0.1) is 0 Å². The van der Waals surface area contributed by atoms with Gasteiger partial charge in [-0.3, -0.25) is 9.88 Å². The molecule has 2 N–H and O–H groups in total. The summed E-state index contributed by atoms with van der Waals surface area (Å²) in [7, 11) is 5.27. The lowest BCUT2D eigenvalue weighted by atomic mass is 9.81. The van der Waals surface area contributed by atoms with Crippen molar-refractivity contribution >= 4 is 17.6 Å². The van der Waals surface area contributed by atoms with Gasteiger partial charge >= 0.3 is 11.9 Å². The molecular formula is C23H22N4O6. The third-order valence-corrected chi connectivity index (χ3v) is 5.12. The Morgan fingerprint density at radius 2 is 1.82 bits per heavy atom. The van der Waals surface area contributed by atoms with Crippen molar-refractivity contribution in [2.24, 2.45) is 5.73 Å². The maximum atomic E-state index is 13.0. The average molecular weight is 450 g/mol. The van der Waals surface area contributed by atoms with Crippen LogP contribution in [-0.4, -0.2) is 45.4 Å². The Balaban J connectivity index is 2.43. The minimum absolute atomic E-state index is 0.0222. The zero-order valence-electron chi connectivity index (χ0n) is 18.5. The van der Waals surface area contributed by atoms with E-state index in [4.69, 9.17) is 24.7 Å². The number of anilines is 1. The highest BCUT2D eigenvalue weighted by Crippen LogP contribution is 2.45. The minimum Gasteiger partial charge on any atom is -0.497 e. The molecule has 0 bridgehead atoms. The van der Waals surface area contributed by atoms with Gasteiger partial charge in [0.15, 0.2) is 0 Å². The van der Waals surface area contributed by atoms with E-state index in [2.05, 4.69) is 11.1 Å². The van der Waals surface area contributed by atoms with E-state index in [1.54, 1.807) is 36.5 Å². The van der Waals surface area contributed by atoms with Crippen molar-refractivity contribution < 1.29 is 28.5 Å². The van der Waals surface area contributed by atoms with E-state index in [1.807, 2.05) is 0 Å². The van der Waals surface area contributed by atoms with E-state index in [-0.39, 0.29) is 34.1 Å². The van der Waals surface area contributed by atoms with Crippen LogP contribution < -0.4 is 20.1 Å². The summed E-state index contributed by atoms with van der Waals surface area (Å²) in [6, 6.07) is 10.2. The van der Waals surface area contributed by atoms with Gasteiger partial charge in [-0.25, -0.2) is 9.59 Å². The summed E-state index contributed by atoms with van der Waals surface area (Å²) in [6.45, 7) is 0. The predicted octanol–water partition coefficient (Wildman–Crippen LogP) is 2.00. The highest BCUT2D eigenvalue weighted by molar-refractivity contribution is 6.06. The summed E-state index contributed by atoms with van der Waals surface area (Å²) in [5, 5.41) is 10.0. The molecule has 0 fully saturated rings. The van der Waals surface area contributed by atoms with Gasteiger partial charge in [0.1, 0.15) is 23.0 Å². The summed E-state index contributed by atoms with van der Waals surface area (Å²) in [5.41, 5.74) is 6.90. The molecule has 0 amide bonds. The van der Waals surface area contributed by atoms with Crippen molar-refractivity contribution in [3.05, 3.63) is 71.0 Å². The molecule has 1 aromatic carbocycles. The van der Waals surface area contributed by atoms with Gasteiger partial charge in [-0.1, -0.05) is 6.07 Å². The number of aromatic nitrogens is 1. The van der Waals surface area contributed by atoms with Crippen LogP contribution >= 0.6 is 0 Å². The van der Waals surface area contributed by atoms with Gasteiger partial charge in [0, 0.05) is 18.5 Å². The molecule has 0 saturated heterocycles. The number of nitrogens with two attached hydrogens (primary N) is 1. The van der Waals surface area contributed by atoms with Crippen LogP contribution in [0.1, 0.15) is 11.5 Å². The summed E-state index contributed by atoms with van der Waals surface area (Å²) in [5.74, 6) is -2.02. The molecule has 0 radical (unpaired) electrons. The second-order valence-corrected chi connectivity index (χ2v) is 6.75. The van der Waals surface area contributed by atoms with E-state index in [1.165, 1.54) is 39.5 Å². The number of nitrogens with zero attached hydrogens (tertiary/aromatic N) is 3. The Labute approximate surface area is 190 Å². The largest absolute Gasteiger partial charge is 0.497 e. The Morgan fingerprint density at radius 1 is 1.09 bits per heavy atom. The smallest absolute Gasteiger partial charge is 0.355 e. The highest BCUT2D eigenvalue weighted by Gasteiger charge is 2.43. The summed E-state index contributed by atoms with van der Waals surface area (Å²) >= 11 is 0. The fourth-order valence-electron chi connectivity index (χ4n) is 3.63. The number of methoxy groups -OCH3 is 4. The zero-order valence-corrected chi connectivity index (χ0v) is 18.5. The molecule has 0 aliphatic carbocycles. The number of carbonyl (C=O) groups excluding carboxylic acids is 2. The SMILES string of the molecule is COC(=O)C1=C(C(=O)OC)N(c2ccc(OC)cc2OC)C(N)=C(C#N)C1c1cccnc1. The number of carbonyl (C=O) groups is 2. The molecule has 0 spiro atoms. The fraction of sp³-hybridized carbons (Fsp3) is 0.217. The van der Waals surface area contributed by atoms with Gasteiger partial charge in [-0.05, 0) is 23.8 Å². The number of hydrogen-bond acceptors (Lipinski definition) is 10. The first-order chi connectivity index (χ1) is 15.9. The van der Waals surface area contributed by atoms with E-state index in [0.29, 0.717) is 11.3 Å². The summed E-state index contributed by atoms with van der Waals surface area (Å²) in [6.07, 6.45) is 3.03. The van der Waals surface area contributed by atoms with Crippen LogP contribution in [0.4, 0.5) is 5.69 Å². The van der Waals surface area contributed by atoms with Gasteiger partial charge in [-0.2, -0.15) is 5.26 Å². The Hall–Kier alpha value is -4.52. The van der Waals surface area contributed by atoms with E-state index >= 15 is 0 Å². The van der Waals surface area contributed by atoms with Gasteiger partial charge in [0.25, 0.3) is 0 Å². The molecule has 10 heteroatoms. The number of benzene rings is 1. The first-order valence-electron chi connectivity index (χ1n) is 9.66. The topological polar surface area (TPSA) is 137 Å². The predicted molar refractivity (Wildman–Crippen MR) is 117 cm³/mol. The number of nitriles is 1. The van der Waals surface area contributed by atoms with Crippen molar-refractivity contribution in [3.63, 3.8) is 0 Å². The number of hydrogen-bond donors (Lipinski definition) is 1. The molecular weight excluding hydrogens is 428 g/mol. The minimum atomic E-state index is -1.01. The van der Waals surface area contributed by atoms with Crippen LogP contribution in [0.15, 0.2) is 65.4 Å². The van der Waals surface area contributed by atoms with Crippen molar-refractivity contribution in [2.45, 2.75) is 5.92 Å². The molecule has 33 heavy (non-hydrogen) atoms. The van der Waals surface area contributed by atoms with Gasteiger partial charge in [0.2, 0.25) is 0 Å². The average Bonchev–Trinajstić information content (AvgIpc) is 2.87. The van der Waals surface area contributed by atoms with Gasteiger partial charge in [0.05, 0.1) is 57.3 Å². The molecule has 3 rings (SSSR count). The second kappa shape index (κ2) is 9.74. The van der Waals surface area contributed by atoms with Crippen LogP contribution in [0, 0.1) is 11.3 Å². The van der Waals surface area contributed by atoms with Crippen LogP contribution in [0.2, 0.25) is 0 Å². The molecule has 1 unspecified atom stereocenters. The number of rotatable bonds is 6. The molecule has 1 aliphatic heterocycles. The van der Waals surface area contributed by atoms with Gasteiger partial charge < -0.3 is 24.7 Å². The standard InChI is InChI=1S/C23H22N4O6/c1-30-14-7-8-16(17(10-14)31-2)27-20(23(29)33-4)19(22(28)32-3)18(15(11-24)21(27)25)13-6-5-9-26-12-13/h5-10,12,18H,25H2,1-4H3.